The lowest BCUT2D eigenvalue weighted by atomic mass is 10.2. The summed E-state index contributed by atoms with van der Waals surface area (Å²) in [6, 6.07) is -0.887. The Balaban J connectivity index is 2.50. The molecule has 2 N–H and O–H groups in total. The number of carbonyl (C=O) groups excluding carboxylic acids is 1. The van der Waals surface area contributed by atoms with Crippen molar-refractivity contribution in [3.8, 4) is 0 Å². The van der Waals surface area contributed by atoms with Gasteiger partial charge >= 0.3 is 6.18 Å². The average Bonchev–Trinajstić information content (AvgIpc) is 3.06. The monoisotopic (exact) mass is 268 g/mol. The van der Waals surface area contributed by atoms with Crippen LogP contribution in [0.4, 0.5) is 13.2 Å². The number of nitrogens with zero attached hydrogens (tertiary/aromatic N) is 1. The Morgan fingerprint density at radius 3 is 2.56 bits per heavy atom. The van der Waals surface area contributed by atoms with Crippen molar-refractivity contribution in [2.45, 2.75) is 31.5 Å². The van der Waals surface area contributed by atoms with E-state index in [-0.39, 0.29) is 13.2 Å². The Labute approximate surface area is 104 Å². The Morgan fingerprint density at radius 1 is 1.50 bits per heavy atom. The first-order valence-corrected chi connectivity index (χ1v) is 5.93. The number of rotatable bonds is 7. The third-order valence-electron chi connectivity index (χ3n) is 2.82. The summed E-state index contributed by atoms with van der Waals surface area (Å²) in [4.78, 5) is 13.1. The fraction of sp³-hybridized carbons (Fsp3) is 0.909. The van der Waals surface area contributed by atoms with Crippen LogP contribution in [0.15, 0.2) is 0 Å². The molecule has 0 radical (unpaired) electrons. The highest BCUT2D eigenvalue weighted by molar-refractivity contribution is 5.81. The summed E-state index contributed by atoms with van der Waals surface area (Å²) in [7, 11) is 1.40. The highest BCUT2D eigenvalue weighted by atomic mass is 19.4. The van der Waals surface area contributed by atoms with Crippen LogP contribution < -0.4 is 5.73 Å². The lowest BCUT2D eigenvalue weighted by molar-refractivity contribution is -0.146. The van der Waals surface area contributed by atoms with E-state index in [4.69, 9.17) is 10.5 Å². The van der Waals surface area contributed by atoms with Gasteiger partial charge in [0.05, 0.1) is 13.0 Å². The van der Waals surface area contributed by atoms with E-state index in [1.807, 2.05) is 0 Å². The number of methoxy groups -OCH3 is 1. The van der Waals surface area contributed by atoms with Gasteiger partial charge in [-0.25, -0.2) is 0 Å². The largest absolute Gasteiger partial charge is 0.390 e. The van der Waals surface area contributed by atoms with Gasteiger partial charge in [-0.2, -0.15) is 13.2 Å². The van der Waals surface area contributed by atoms with Crippen molar-refractivity contribution >= 4 is 5.91 Å². The van der Waals surface area contributed by atoms with Crippen molar-refractivity contribution in [3.05, 3.63) is 0 Å². The van der Waals surface area contributed by atoms with E-state index < -0.39 is 24.5 Å². The van der Waals surface area contributed by atoms with Crippen molar-refractivity contribution in [1.82, 2.24) is 4.90 Å². The highest BCUT2D eigenvalue weighted by Crippen LogP contribution is 2.30. The molecule has 1 aliphatic rings. The van der Waals surface area contributed by atoms with Crippen molar-refractivity contribution in [2.75, 3.05) is 26.8 Å². The number of amides is 1. The molecule has 106 valence electrons. The molecular weight excluding hydrogens is 249 g/mol. The van der Waals surface area contributed by atoms with Gasteiger partial charge in [-0.05, 0) is 18.8 Å². The summed E-state index contributed by atoms with van der Waals surface area (Å²) in [5, 5.41) is 0. The molecule has 1 amide bonds. The number of carbonyl (C=O) groups is 1. The second-order valence-corrected chi connectivity index (χ2v) is 4.65. The molecule has 0 bridgehead atoms. The molecule has 18 heavy (non-hydrogen) atoms. The fourth-order valence-corrected chi connectivity index (χ4v) is 1.65. The van der Waals surface area contributed by atoms with Gasteiger partial charge in [0, 0.05) is 20.2 Å². The first-order chi connectivity index (χ1) is 8.33. The van der Waals surface area contributed by atoms with Crippen LogP contribution in [0.5, 0.6) is 0 Å². The lowest BCUT2D eigenvalue weighted by Crippen LogP contribution is -2.47. The van der Waals surface area contributed by atoms with Gasteiger partial charge in [0.2, 0.25) is 5.91 Å². The molecule has 1 fully saturated rings. The standard InChI is InChI=1S/C11H19F3N2O2/c1-18-7-9(15)10(17)16(6-8-2-3-8)5-4-11(12,13)14/h8-9H,2-7,15H2,1H3. The van der Waals surface area contributed by atoms with E-state index in [1.165, 1.54) is 12.0 Å². The summed E-state index contributed by atoms with van der Waals surface area (Å²) < 4.78 is 41.3. The minimum atomic E-state index is -4.26. The Hall–Kier alpha value is -0.820. The van der Waals surface area contributed by atoms with Crippen molar-refractivity contribution in [2.24, 2.45) is 11.7 Å². The third kappa shape index (κ3) is 5.68. The number of nitrogens with two attached hydrogens (primary N) is 1. The minimum Gasteiger partial charge on any atom is -0.383 e. The number of halogens is 3. The van der Waals surface area contributed by atoms with Gasteiger partial charge in [-0.3, -0.25) is 4.79 Å². The van der Waals surface area contributed by atoms with Crippen molar-refractivity contribution in [1.29, 1.82) is 0 Å². The maximum Gasteiger partial charge on any atom is 0.390 e. The van der Waals surface area contributed by atoms with Crippen molar-refractivity contribution in [3.63, 3.8) is 0 Å². The summed E-state index contributed by atoms with van der Waals surface area (Å²) in [5.41, 5.74) is 5.57. The molecule has 0 spiro atoms. The second-order valence-electron chi connectivity index (χ2n) is 4.65. The maximum atomic E-state index is 12.2. The summed E-state index contributed by atoms with van der Waals surface area (Å²) in [6.07, 6.45) is -3.32. The average molecular weight is 268 g/mol. The smallest absolute Gasteiger partial charge is 0.383 e. The molecule has 1 aliphatic carbocycles. The van der Waals surface area contributed by atoms with Gasteiger partial charge in [-0.1, -0.05) is 0 Å². The first-order valence-electron chi connectivity index (χ1n) is 5.93. The SMILES string of the molecule is COCC(N)C(=O)N(CCC(F)(F)F)CC1CC1. The fourth-order valence-electron chi connectivity index (χ4n) is 1.65. The van der Waals surface area contributed by atoms with E-state index >= 15 is 0 Å². The van der Waals surface area contributed by atoms with Gasteiger partial charge in [0.15, 0.2) is 0 Å². The Morgan fingerprint density at radius 2 is 2.11 bits per heavy atom. The summed E-state index contributed by atoms with van der Waals surface area (Å²) in [5.74, 6) is -0.134. The van der Waals surface area contributed by atoms with E-state index in [0.29, 0.717) is 12.5 Å². The third-order valence-corrected chi connectivity index (χ3v) is 2.82. The van der Waals surface area contributed by atoms with E-state index in [0.717, 1.165) is 12.8 Å². The molecule has 0 aromatic rings. The normalized spacial score (nSPS) is 17.6. The van der Waals surface area contributed by atoms with E-state index in [9.17, 15) is 18.0 Å². The molecule has 0 aliphatic heterocycles. The van der Waals surface area contributed by atoms with Crippen LogP contribution in [0.3, 0.4) is 0 Å². The summed E-state index contributed by atoms with van der Waals surface area (Å²) >= 11 is 0. The topological polar surface area (TPSA) is 55.6 Å². The van der Waals surface area contributed by atoms with E-state index in [2.05, 4.69) is 0 Å². The number of ether oxygens (including phenoxy) is 1. The molecule has 7 heteroatoms. The molecule has 0 aromatic carbocycles. The molecule has 0 saturated heterocycles. The van der Waals surface area contributed by atoms with Crippen LogP contribution >= 0.6 is 0 Å². The molecule has 0 aromatic heterocycles. The minimum absolute atomic E-state index is 0.0199. The highest BCUT2D eigenvalue weighted by Gasteiger charge is 2.33. The van der Waals surface area contributed by atoms with Crippen molar-refractivity contribution < 1.29 is 22.7 Å². The van der Waals surface area contributed by atoms with Crippen LogP contribution in [-0.4, -0.2) is 49.8 Å². The van der Waals surface area contributed by atoms with Crippen LogP contribution in [0.1, 0.15) is 19.3 Å². The second kappa shape index (κ2) is 6.38. The quantitative estimate of drug-likeness (QED) is 0.753. The van der Waals surface area contributed by atoms with Gasteiger partial charge in [0.1, 0.15) is 6.04 Å². The van der Waals surface area contributed by atoms with Crippen LogP contribution in [0.2, 0.25) is 0 Å². The first kappa shape index (κ1) is 15.2. The molecule has 1 rings (SSSR count). The Kier molecular flexibility index (Phi) is 5.40. The van der Waals surface area contributed by atoms with Crippen LogP contribution in [-0.2, 0) is 9.53 Å². The Bertz CT molecular complexity index is 280. The number of hydrogen-bond donors (Lipinski definition) is 1. The number of alkyl halides is 3. The summed E-state index contributed by atoms with van der Waals surface area (Å²) in [6.45, 7) is 0.0641. The molecule has 1 saturated carbocycles. The predicted molar refractivity (Wildman–Crippen MR) is 59.8 cm³/mol. The van der Waals surface area contributed by atoms with Gasteiger partial charge in [0.25, 0.3) is 0 Å². The number of hydrogen-bond acceptors (Lipinski definition) is 3. The van der Waals surface area contributed by atoms with Gasteiger partial charge in [-0.15, -0.1) is 0 Å². The van der Waals surface area contributed by atoms with Crippen LogP contribution in [0.25, 0.3) is 0 Å². The molecular formula is C11H19F3N2O2. The lowest BCUT2D eigenvalue weighted by Gasteiger charge is -2.26. The zero-order chi connectivity index (χ0) is 13.8. The molecule has 0 heterocycles. The van der Waals surface area contributed by atoms with Gasteiger partial charge < -0.3 is 15.4 Å². The predicted octanol–water partition coefficient (Wildman–Crippen LogP) is 1.15. The molecule has 4 nitrogen and oxygen atoms in total. The molecule has 1 unspecified atom stereocenters. The zero-order valence-electron chi connectivity index (χ0n) is 10.4. The van der Waals surface area contributed by atoms with Crippen LogP contribution in [0, 0.1) is 5.92 Å². The molecule has 1 atom stereocenters. The maximum absolute atomic E-state index is 12.2. The van der Waals surface area contributed by atoms with E-state index in [1.54, 1.807) is 0 Å². The zero-order valence-corrected chi connectivity index (χ0v) is 10.4.